The number of hydrogen-bond donors (Lipinski definition) is 2. The molecule has 1 saturated carbocycles. The summed E-state index contributed by atoms with van der Waals surface area (Å²) in [7, 11) is 0. The molecule has 0 amide bonds. The summed E-state index contributed by atoms with van der Waals surface area (Å²) >= 11 is 7.52. The summed E-state index contributed by atoms with van der Waals surface area (Å²) < 4.78 is 0. The molecule has 29 heavy (non-hydrogen) atoms. The maximum atomic E-state index is 5.67. The minimum atomic E-state index is -0.0440. The predicted octanol–water partition coefficient (Wildman–Crippen LogP) is 6.73. The zero-order valence-electron chi connectivity index (χ0n) is 16.4. The molecule has 0 heterocycles. The number of anilines is 1. The molecule has 2 N–H and O–H groups in total. The fraction of sp³-hybridized carbons (Fsp3) is 0.240. The first kappa shape index (κ1) is 20.0. The van der Waals surface area contributed by atoms with Gasteiger partial charge in [0.1, 0.15) is 0 Å². The number of thioether (sulfide) groups is 1. The van der Waals surface area contributed by atoms with Crippen LogP contribution in [0, 0.1) is 0 Å². The fourth-order valence-electron chi connectivity index (χ4n) is 3.97. The maximum absolute atomic E-state index is 5.67. The Hall–Kier alpha value is -2.30. The second kappa shape index (κ2) is 9.47. The zero-order valence-corrected chi connectivity index (χ0v) is 18.1. The molecule has 0 atom stereocenters. The van der Waals surface area contributed by atoms with Crippen molar-refractivity contribution in [3.63, 3.8) is 0 Å². The number of thiocarbonyl (C=S) groups is 1. The molecule has 0 saturated heterocycles. The van der Waals surface area contributed by atoms with Gasteiger partial charge in [-0.15, -0.1) is 11.8 Å². The van der Waals surface area contributed by atoms with Gasteiger partial charge in [-0.25, -0.2) is 0 Å². The van der Waals surface area contributed by atoms with Crippen LogP contribution in [0.1, 0.15) is 36.8 Å². The Morgan fingerprint density at radius 2 is 1.45 bits per heavy atom. The first-order chi connectivity index (χ1) is 14.2. The molecule has 0 bridgehead atoms. The van der Waals surface area contributed by atoms with E-state index in [1.165, 1.54) is 28.9 Å². The van der Waals surface area contributed by atoms with E-state index in [9.17, 15) is 0 Å². The second-order valence-corrected chi connectivity index (χ2v) is 8.99. The molecule has 2 nitrogen and oxygen atoms in total. The van der Waals surface area contributed by atoms with E-state index in [4.69, 9.17) is 12.2 Å². The van der Waals surface area contributed by atoms with E-state index in [1.807, 2.05) is 11.8 Å². The molecule has 0 spiro atoms. The van der Waals surface area contributed by atoms with Gasteiger partial charge in [-0.05, 0) is 60.5 Å². The number of hydrogen-bond acceptors (Lipinski definition) is 2. The molecule has 0 aromatic heterocycles. The Balaban J connectivity index is 1.35. The molecule has 148 valence electrons. The highest BCUT2D eigenvalue weighted by atomic mass is 32.2. The lowest BCUT2D eigenvalue weighted by molar-refractivity contribution is 0.408. The smallest absolute Gasteiger partial charge is 0.171 e. The summed E-state index contributed by atoms with van der Waals surface area (Å²) in [6.45, 7) is 0. The average molecular weight is 419 g/mol. The largest absolute Gasteiger partial charge is 0.353 e. The van der Waals surface area contributed by atoms with Gasteiger partial charge < -0.3 is 10.6 Å². The van der Waals surface area contributed by atoms with Gasteiger partial charge in [-0.3, -0.25) is 0 Å². The third-order valence-electron chi connectivity index (χ3n) is 5.50. The van der Waals surface area contributed by atoms with E-state index in [0.29, 0.717) is 5.11 Å². The fourth-order valence-corrected chi connectivity index (χ4v) is 5.16. The average Bonchev–Trinajstić information content (AvgIpc) is 3.24. The van der Waals surface area contributed by atoms with Crippen molar-refractivity contribution in [1.82, 2.24) is 5.32 Å². The monoisotopic (exact) mass is 418 g/mol. The Labute approximate surface area is 183 Å². The van der Waals surface area contributed by atoms with Crippen LogP contribution in [0.5, 0.6) is 0 Å². The lowest BCUT2D eigenvalue weighted by Gasteiger charge is -2.32. The van der Waals surface area contributed by atoms with Gasteiger partial charge in [0, 0.05) is 16.3 Å². The Kier molecular flexibility index (Phi) is 6.53. The summed E-state index contributed by atoms with van der Waals surface area (Å²) in [6.07, 6.45) is 4.71. The third kappa shape index (κ3) is 5.20. The van der Waals surface area contributed by atoms with Crippen LogP contribution in [0.2, 0.25) is 0 Å². The maximum Gasteiger partial charge on any atom is 0.171 e. The standard InChI is InChI=1S/C25H26N2S2/c28-24(27-25(17-7-8-18-25)21-9-3-1-4-10-21)26-22-15-13-20(14-16-22)19-29-23-11-5-2-6-12-23/h1-6,9-16H,7-8,17-19H2,(H2,26,27,28). The van der Waals surface area contributed by atoms with Gasteiger partial charge in [0.2, 0.25) is 0 Å². The molecule has 4 rings (SSSR count). The van der Waals surface area contributed by atoms with Crippen molar-refractivity contribution in [2.75, 3.05) is 5.32 Å². The van der Waals surface area contributed by atoms with Crippen molar-refractivity contribution in [1.29, 1.82) is 0 Å². The van der Waals surface area contributed by atoms with Crippen LogP contribution in [0.25, 0.3) is 0 Å². The van der Waals surface area contributed by atoms with Crippen LogP contribution in [-0.2, 0) is 11.3 Å². The Bertz CT molecular complexity index is 918. The van der Waals surface area contributed by atoms with Crippen LogP contribution in [-0.4, -0.2) is 5.11 Å². The summed E-state index contributed by atoms with van der Waals surface area (Å²) in [5.41, 5.74) is 3.62. The number of nitrogens with one attached hydrogen (secondary N) is 2. The Morgan fingerprint density at radius 1 is 0.828 bits per heavy atom. The summed E-state index contributed by atoms with van der Waals surface area (Å²) in [5, 5.41) is 7.71. The molecule has 3 aromatic carbocycles. The van der Waals surface area contributed by atoms with E-state index >= 15 is 0 Å². The Morgan fingerprint density at radius 3 is 2.10 bits per heavy atom. The van der Waals surface area contributed by atoms with Crippen LogP contribution in [0.4, 0.5) is 5.69 Å². The molecule has 0 aliphatic heterocycles. The molecule has 1 aliphatic carbocycles. The van der Waals surface area contributed by atoms with Crippen molar-refractivity contribution in [3.05, 3.63) is 96.1 Å². The van der Waals surface area contributed by atoms with E-state index in [0.717, 1.165) is 24.3 Å². The van der Waals surface area contributed by atoms with Crippen LogP contribution < -0.4 is 10.6 Å². The van der Waals surface area contributed by atoms with Crippen LogP contribution in [0.15, 0.2) is 89.8 Å². The van der Waals surface area contributed by atoms with Gasteiger partial charge in [-0.2, -0.15) is 0 Å². The van der Waals surface area contributed by atoms with Gasteiger partial charge in [0.05, 0.1) is 5.54 Å². The van der Waals surface area contributed by atoms with Crippen molar-refractivity contribution in [2.45, 2.75) is 41.9 Å². The first-order valence-corrected chi connectivity index (χ1v) is 11.5. The van der Waals surface area contributed by atoms with Gasteiger partial charge >= 0.3 is 0 Å². The third-order valence-corrected chi connectivity index (χ3v) is 6.78. The second-order valence-electron chi connectivity index (χ2n) is 7.53. The molecule has 3 aromatic rings. The van der Waals surface area contributed by atoms with Gasteiger partial charge in [0.25, 0.3) is 0 Å². The number of rotatable bonds is 6. The summed E-state index contributed by atoms with van der Waals surface area (Å²) in [5.74, 6) is 0.962. The highest BCUT2D eigenvalue weighted by molar-refractivity contribution is 7.98. The molecular formula is C25H26N2S2. The first-order valence-electron chi connectivity index (χ1n) is 10.2. The SMILES string of the molecule is S=C(Nc1ccc(CSc2ccccc2)cc1)NC1(c2ccccc2)CCCC1. The normalized spacial score (nSPS) is 15.0. The lowest BCUT2D eigenvalue weighted by Crippen LogP contribution is -2.45. The van der Waals surface area contributed by atoms with Gasteiger partial charge in [-0.1, -0.05) is 73.5 Å². The molecule has 0 radical (unpaired) electrons. The summed E-state index contributed by atoms with van der Waals surface area (Å²) in [4.78, 5) is 1.29. The predicted molar refractivity (Wildman–Crippen MR) is 128 cm³/mol. The van der Waals surface area contributed by atoms with E-state index < -0.39 is 0 Å². The minimum Gasteiger partial charge on any atom is -0.353 e. The van der Waals surface area contributed by atoms with Crippen LogP contribution >= 0.6 is 24.0 Å². The molecule has 0 unspecified atom stereocenters. The molecule has 1 fully saturated rings. The van der Waals surface area contributed by atoms with Crippen molar-refractivity contribution in [2.24, 2.45) is 0 Å². The quantitative estimate of drug-likeness (QED) is 0.342. The van der Waals surface area contributed by atoms with Gasteiger partial charge in [0.15, 0.2) is 5.11 Å². The molecule has 4 heteroatoms. The van der Waals surface area contributed by atoms with Crippen molar-refractivity contribution in [3.8, 4) is 0 Å². The van der Waals surface area contributed by atoms with E-state index in [-0.39, 0.29) is 5.54 Å². The van der Waals surface area contributed by atoms with Crippen molar-refractivity contribution < 1.29 is 0 Å². The van der Waals surface area contributed by atoms with E-state index in [1.54, 1.807) is 0 Å². The highest BCUT2D eigenvalue weighted by Gasteiger charge is 2.36. The molecule has 1 aliphatic rings. The topological polar surface area (TPSA) is 24.1 Å². The highest BCUT2D eigenvalue weighted by Crippen LogP contribution is 2.38. The van der Waals surface area contributed by atoms with E-state index in [2.05, 4.69) is 95.6 Å². The molecular weight excluding hydrogens is 392 g/mol. The lowest BCUT2D eigenvalue weighted by atomic mass is 9.88. The number of benzene rings is 3. The minimum absolute atomic E-state index is 0.0440. The summed E-state index contributed by atoms with van der Waals surface area (Å²) in [6, 6.07) is 29.8. The zero-order chi connectivity index (χ0) is 19.9. The van der Waals surface area contributed by atoms with Crippen molar-refractivity contribution >= 4 is 34.8 Å². The van der Waals surface area contributed by atoms with Crippen LogP contribution in [0.3, 0.4) is 0 Å².